The van der Waals surface area contributed by atoms with Crippen molar-refractivity contribution in [3.05, 3.63) is 54.1 Å². The van der Waals surface area contributed by atoms with Crippen molar-refractivity contribution in [2.75, 3.05) is 12.4 Å². The first-order chi connectivity index (χ1) is 10.8. The summed E-state index contributed by atoms with van der Waals surface area (Å²) in [6.45, 7) is -0.501. The van der Waals surface area contributed by atoms with Crippen LogP contribution in [-0.2, 0) is 6.67 Å². The highest BCUT2D eigenvalue weighted by atomic mass is 19.1. The molecule has 112 valence electrons. The number of halogens is 1. The standard InChI is InChI=1S/C16H15FN4O/c1-22-14-7-5-13(6-8-14)18-16-19-15(20-21-16)12-4-2-3-11(9-12)10-17/h2-9H,10H2,1H3,(H2,18,19,20,21). The number of nitrogens with one attached hydrogen (secondary N) is 2. The Morgan fingerprint density at radius 3 is 2.68 bits per heavy atom. The molecule has 0 saturated carbocycles. The molecule has 0 aliphatic rings. The minimum Gasteiger partial charge on any atom is -0.497 e. The maximum Gasteiger partial charge on any atom is 0.226 e. The van der Waals surface area contributed by atoms with Crippen molar-refractivity contribution in [2.45, 2.75) is 6.67 Å². The number of aromatic nitrogens is 3. The van der Waals surface area contributed by atoms with Crippen molar-refractivity contribution in [2.24, 2.45) is 0 Å². The van der Waals surface area contributed by atoms with E-state index < -0.39 is 6.67 Å². The van der Waals surface area contributed by atoms with Crippen molar-refractivity contribution in [1.29, 1.82) is 0 Å². The van der Waals surface area contributed by atoms with Crippen LogP contribution in [0.3, 0.4) is 0 Å². The molecule has 0 aliphatic heterocycles. The van der Waals surface area contributed by atoms with E-state index in [1.807, 2.05) is 30.3 Å². The Morgan fingerprint density at radius 1 is 1.14 bits per heavy atom. The molecule has 0 saturated heterocycles. The Bertz CT molecular complexity index is 755. The number of anilines is 2. The molecule has 0 unspecified atom stereocenters. The number of ether oxygens (including phenoxy) is 1. The van der Waals surface area contributed by atoms with Gasteiger partial charge in [0.25, 0.3) is 0 Å². The summed E-state index contributed by atoms with van der Waals surface area (Å²) in [5, 5.41) is 11.2. The largest absolute Gasteiger partial charge is 0.497 e. The highest BCUT2D eigenvalue weighted by Crippen LogP contribution is 2.21. The Morgan fingerprint density at radius 2 is 1.95 bits per heavy atom. The number of nitrogens with zero attached hydrogens (tertiary/aromatic N) is 2. The number of alkyl halides is 1. The average Bonchev–Trinajstić information content (AvgIpc) is 3.04. The maximum absolute atomic E-state index is 12.7. The van der Waals surface area contributed by atoms with Crippen molar-refractivity contribution in [1.82, 2.24) is 15.2 Å². The zero-order valence-electron chi connectivity index (χ0n) is 12.0. The van der Waals surface area contributed by atoms with E-state index in [1.54, 1.807) is 25.3 Å². The molecule has 0 bridgehead atoms. The number of hydrogen-bond donors (Lipinski definition) is 2. The van der Waals surface area contributed by atoms with Gasteiger partial charge in [-0.2, -0.15) is 0 Å². The second-order valence-electron chi connectivity index (χ2n) is 4.71. The normalized spacial score (nSPS) is 10.5. The number of H-pyrrole nitrogens is 1. The summed E-state index contributed by atoms with van der Waals surface area (Å²) < 4.78 is 17.8. The second-order valence-corrected chi connectivity index (χ2v) is 4.71. The van der Waals surface area contributed by atoms with E-state index >= 15 is 0 Å². The van der Waals surface area contributed by atoms with Crippen LogP contribution in [0, 0.1) is 0 Å². The zero-order valence-corrected chi connectivity index (χ0v) is 12.0. The van der Waals surface area contributed by atoms with E-state index in [2.05, 4.69) is 20.5 Å². The first-order valence-corrected chi connectivity index (χ1v) is 6.77. The summed E-state index contributed by atoms with van der Waals surface area (Å²) >= 11 is 0. The highest BCUT2D eigenvalue weighted by Gasteiger charge is 2.06. The summed E-state index contributed by atoms with van der Waals surface area (Å²) in [4.78, 5) is 3.07. The SMILES string of the molecule is COc1ccc(Nc2nnc(-c3cccc(CF)c3)[nH]2)cc1. The summed E-state index contributed by atoms with van der Waals surface area (Å²) in [5.41, 5.74) is 2.27. The van der Waals surface area contributed by atoms with Crippen molar-refractivity contribution in [3.8, 4) is 17.1 Å². The lowest BCUT2D eigenvalue weighted by Gasteiger charge is -2.03. The van der Waals surface area contributed by atoms with E-state index in [0.717, 1.165) is 17.0 Å². The van der Waals surface area contributed by atoms with Crippen molar-refractivity contribution < 1.29 is 9.13 Å². The van der Waals surface area contributed by atoms with E-state index in [-0.39, 0.29) is 0 Å². The third-order valence-electron chi connectivity index (χ3n) is 3.19. The van der Waals surface area contributed by atoms with Crippen molar-refractivity contribution >= 4 is 11.6 Å². The predicted octanol–water partition coefficient (Wildman–Crippen LogP) is 3.69. The van der Waals surface area contributed by atoms with Gasteiger partial charge in [-0.25, -0.2) is 4.39 Å². The molecular weight excluding hydrogens is 283 g/mol. The van der Waals surface area contributed by atoms with Gasteiger partial charge in [-0.05, 0) is 35.9 Å². The van der Waals surface area contributed by atoms with Crippen LogP contribution in [0.15, 0.2) is 48.5 Å². The molecule has 5 nitrogen and oxygen atoms in total. The monoisotopic (exact) mass is 298 g/mol. The van der Waals surface area contributed by atoms with Gasteiger partial charge >= 0.3 is 0 Å². The Kier molecular flexibility index (Phi) is 4.00. The molecule has 2 aromatic carbocycles. The second kappa shape index (κ2) is 6.26. The predicted molar refractivity (Wildman–Crippen MR) is 82.9 cm³/mol. The fourth-order valence-electron chi connectivity index (χ4n) is 2.06. The Hall–Kier alpha value is -2.89. The minimum atomic E-state index is -0.501. The van der Waals surface area contributed by atoms with Crippen LogP contribution in [0.2, 0.25) is 0 Å². The Balaban J connectivity index is 1.77. The van der Waals surface area contributed by atoms with Crippen LogP contribution >= 0.6 is 0 Å². The molecule has 1 heterocycles. The molecular formula is C16H15FN4O. The molecule has 0 radical (unpaired) electrons. The van der Waals surface area contributed by atoms with Gasteiger partial charge in [0.1, 0.15) is 12.4 Å². The number of benzene rings is 2. The van der Waals surface area contributed by atoms with Crippen LogP contribution < -0.4 is 10.1 Å². The third kappa shape index (κ3) is 3.06. The van der Waals surface area contributed by atoms with Gasteiger partial charge in [-0.3, -0.25) is 0 Å². The third-order valence-corrected chi connectivity index (χ3v) is 3.19. The molecule has 0 aliphatic carbocycles. The van der Waals surface area contributed by atoms with Gasteiger partial charge in [0, 0.05) is 11.3 Å². The van der Waals surface area contributed by atoms with Crippen LogP contribution in [0.25, 0.3) is 11.4 Å². The number of aromatic amines is 1. The summed E-state index contributed by atoms with van der Waals surface area (Å²) in [7, 11) is 1.62. The molecule has 3 rings (SSSR count). The number of rotatable bonds is 5. The topological polar surface area (TPSA) is 62.8 Å². The molecule has 3 aromatic rings. The summed E-state index contributed by atoms with van der Waals surface area (Å²) in [6.07, 6.45) is 0. The van der Waals surface area contributed by atoms with Crippen LogP contribution in [0.1, 0.15) is 5.56 Å². The summed E-state index contributed by atoms with van der Waals surface area (Å²) in [6, 6.07) is 14.6. The van der Waals surface area contributed by atoms with Gasteiger partial charge in [0.2, 0.25) is 5.95 Å². The van der Waals surface area contributed by atoms with Gasteiger partial charge in [0.05, 0.1) is 7.11 Å². The van der Waals surface area contributed by atoms with Gasteiger partial charge < -0.3 is 15.0 Å². The van der Waals surface area contributed by atoms with E-state index in [4.69, 9.17) is 4.74 Å². The molecule has 1 aromatic heterocycles. The number of methoxy groups -OCH3 is 1. The minimum absolute atomic E-state index is 0.501. The molecule has 0 atom stereocenters. The van der Waals surface area contributed by atoms with E-state index in [9.17, 15) is 4.39 Å². The van der Waals surface area contributed by atoms with E-state index in [1.165, 1.54) is 0 Å². The fraction of sp³-hybridized carbons (Fsp3) is 0.125. The molecule has 2 N–H and O–H groups in total. The van der Waals surface area contributed by atoms with Gasteiger partial charge in [0.15, 0.2) is 5.82 Å². The molecule has 22 heavy (non-hydrogen) atoms. The van der Waals surface area contributed by atoms with Gasteiger partial charge in [-0.1, -0.05) is 18.2 Å². The van der Waals surface area contributed by atoms with Crippen LogP contribution in [-0.4, -0.2) is 22.3 Å². The molecule has 0 amide bonds. The highest BCUT2D eigenvalue weighted by molar-refractivity contribution is 5.60. The maximum atomic E-state index is 12.7. The molecule has 0 spiro atoms. The lowest BCUT2D eigenvalue weighted by atomic mass is 10.1. The fourth-order valence-corrected chi connectivity index (χ4v) is 2.06. The first-order valence-electron chi connectivity index (χ1n) is 6.77. The number of hydrogen-bond acceptors (Lipinski definition) is 4. The smallest absolute Gasteiger partial charge is 0.226 e. The molecule has 0 fully saturated rings. The first kappa shape index (κ1) is 14.1. The Labute approximate surface area is 127 Å². The van der Waals surface area contributed by atoms with Gasteiger partial charge in [-0.15, -0.1) is 10.2 Å². The quantitative estimate of drug-likeness (QED) is 0.754. The lowest BCUT2D eigenvalue weighted by Crippen LogP contribution is -1.92. The van der Waals surface area contributed by atoms with Crippen LogP contribution in [0.5, 0.6) is 5.75 Å². The molecule has 6 heteroatoms. The zero-order chi connectivity index (χ0) is 15.4. The average molecular weight is 298 g/mol. The summed E-state index contributed by atoms with van der Waals surface area (Å²) in [5.74, 6) is 1.89. The van der Waals surface area contributed by atoms with E-state index in [0.29, 0.717) is 17.3 Å². The lowest BCUT2D eigenvalue weighted by molar-refractivity contribution is 0.415. The van der Waals surface area contributed by atoms with Crippen LogP contribution in [0.4, 0.5) is 16.0 Å². The van der Waals surface area contributed by atoms with Crippen molar-refractivity contribution in [3.63, 3.8) is 0 Å².